The van der Waals surface area contributed by atoms with Crippen molar-refractivity contribution in [2.24, 2.45) is 7.05 Å². The standard InChI is InChI=1S/C18H19ClN2O4S/c1-21-8-7-12-9-13(3-5-16(12)21)17(22)11-20-26(23,24)14-4-6-18(25-2)15(19)10-14/h3-10,17,20,22H,11H2,1-2H3. The Hall–Kier alpha value is -2.06. The fourth-order valence-electron chi connectivity index (χ4n) is 2.71. The summed E-state index contributed by atoms with van der Waals surface area (Å²) >= 11 is 5.98. The van der Waals surface area contributed by atoms with Crippen LogP contribution in [-0.4, -0.2) is 31.7 Å². The summed E-state index contributed by atoms with van der Waals surface area (Å²) in [5.41, 5.74) is 1.67. The third-order valence-corrected chi connectivity index (χ3v) is 5.91. The van der Waals surface area contributed by atoms with Crippen LogP contribution in [0.15, 0.2) is 53.6 Å². The number of hydrogen-bond acceptors (Lipinski definition) is 4. The molecule has 8 heteroatoms. The van der Waals surface area contributed by atoms with E-state index in [0.717, 1.165) is 10.9 Å². The molecule has 26 heavy (non-hydrogen) atoms. The molecular formula is C18H19ClN2O4S. The molecule has 0 bridgehead atoms. The molecule has 0 aliphatic rings. The highest BCUT2D eigenvalue weighted by molar-refractivity contribution is 7.89. The summed E-state index contributed by atoms with van der Waals surface area (Å²) in [4.78, 5) is 0.00834. The van der Waals surface area contributed by atoms with Crippen molar-refractivity contribution in [2.45, 2.75) is 11.0 Å². The zero-order valence-corrected chi connectivity index (χ0v) is 15.9. The molecule has 3 aromatic rings. The molecule has 2 aromatic carbocycles. The Morgan fingerprint density at radius 1 is 1.23 bits per heavy atom. The predicted octanol–water partition coefficient (Wildman–Crippen LogP) is 2.85. The van der Waals surface area contributed by atoms with E-state index in [1.165, 1.54) is 25.3 Å². The van der Waals surface area contributed by atoms with E-state index in [9.17, 15) is 13.5 Å². The molecule has 2 N–H and O–H groups in total. The Kier molecular flexibility index (Phi) is 5.24. The minimum Gasteiger partial charge on any atom is -0.495 e. The van der Waals surface area contributed by atoms with Crippen LogP contribution >= 0.6 is 11.6 Å². The van der Waals surface area contributed by atoms with Gasteiger partial charge in [0, 0.05) is 25.3 Å². The number of aliphatic hydroxyl groups is 1. The number of aryl methyl sites for hydroxylation is 1. The zero-order chi connectivity index (χ0) is 18.9. The Balaban J connectivity index is 1.74. The molecule has 1 atom stereocenters. The second-order valence-corrected chi connectivity index (χ2v) is 8.08. The van der Waals surface area contributed by atoms with E-state index in [2.05, 4.69) is 4.72 Å². The number of rotatable bonds is 6. The topological polar surface area (TPSA) is 80.6 Å². The van der Waals surface area contributed by atoms with Crippen LogP contribution in [0.1, 0.15) is 11.7 Å². The van der Waals surface area contributed by atoms with E-state index >= 15 is 0 Å². The van der Waals surface area contributed by atoms with Crippen LogP contribution in [0.4, 0.5) is 0 Å². The largest absolute Gasteiger partial charge is 0.495 e. The van der Waals surface area contributed by atoms with Crippen molar-refractivity contribution in [2.75, 3.05) is 13.7 Å². The first-order chi connectivity index (χ1) is 12.3. The highest BCUT2D eigenvalue weighted by atomic mass is 35.5. The van der Waals surface area contributed by atoms with Gasteiger partial charge in [-0.2, -0.15) is 0 Å². The molecule has 0 amide bonds. The summed E-state index contributed by atoms with van der Waals surface area (Å²) in [5, 5.41) is 11.5. The minimum absolute atomic E-state index is 0.00834. The van der Waals surface area contributed by atoms with Gasteiger partial charge in [-0.05, 0) is 47.3 Å². The smallest absolute Gasteiger partial charge is 0.240 e. The molecule has 0 fully saturated rings. The first-order valence-electron chi connectivity index (χ1n) is 7.88. The molecule has 6 nitrogen and oxygen atoms in total. The summed E-state index contributed by atoms with van der Waals surface area (Å²) in [7, 11) is -0.414. The lowest BCUT2D eigenvalue weighted by Gasteiger charge is -2.14. The van der Waals surface area contributed by atoms with Crippen molar-refractivity contribution in [1.29, 1.82) is 0 Å². The highest BCUT2D eigenvalue weighted by Gasteiger charge is 2.18. The average Bonchev–Trinajstić information content (AvgIpc) is 3.00. The third kappa shape index (κ3) is 3.71. The lowest BCUT2D eigenvalue weighted by atomic mass is 10.1. The van der Waals surface area contributed by atoms with E-state index in [4.69, 9.17) is 16.3 Å². The van der Waals surface area contributed by atoms with Crippen molar-refractivity contribution in [3.63, 3.8) is 0 Å². The van der Waals surface area contributed by atoms with E-state index in [0.29, 0.717) is 11.3 Å². The SMILES string of the molecule is COc1ccc(S(=O)(=O)NCC(O)c2ccc3c(ccn3C)c2)cc1Cl. The fourth-order valence-corrected chi connectivity index (χ4v) is 4.10. The van der Waals surface area contributed by atoms with Gasteiger partial charge < -0.3 is 14.4 Å². The van der Waals surface area contributed by atoms with Gasteiger partial charge in [-0.3, -0.25) is 0 Å². The van der Waals surface area contributed by atoms with Crippen molar-refractivity contribution in [3.8, 4) is 5.75 Å². The van der Waals surface area contributed by atoms with Crippen LogP contribution in [0.3, 0.4) is 0 Å². The summed E-state index contributed by atoms with van der Waals surface area (Å²) in [6.45, 7) is -0.148. The molecule has 1 heterocycles. The number of nitrogens with zero attached hydrogens (tertiary/aromatic N) is 1. The molecule has 0 spiro atoms. The normalized spacial score (nSPS) is 13.1. The van der Waals surface area contributed by atoms with Crippen LogP contribution in [0, 0.1) is 0 Å². The van der Waals surface area contributed by atoms with Crippen LogP contribution in [-0.2, 0) is 17.1 Å². The number of nitrogens with one attached hydrogen (secondary N) is 1. The number of hydrogen-bond donors (Lipinski definition) is 2. The van der Waals surface area contributed by atoms with Crippen molar-refractivity contribution >= 4 is 32.5 Å². The van der Waals surface area contributed by atoms with Crippen molar-refractivity contribution in [1.82, 2.24) is 9.29 Å². The van der Waals surface area contributed by atoms with Gasteiger partial charge in [-0.25, -0.2) is 13.1 Å². The molecule has 138 valence electrons. The average molecular weight is 395 g/mol. The number of fused-ring (bicyclic) bond motifs is 1. The lowest BCUT2D eigenvalue weighted by Crippen LogP contribution is -2.28. The van der Waals surface area contributed by atoms with Gasteiger partial charge in [-0.15, -0.1) is 0 Å². The summed E-state index contributed by atoms with van der Waals surface area (Å²) in [6.07, 6.45) is 0.958. The third-order valence-electron chi connectivity index (χ3n) is 4.19. The van der Waals surface area contributed by atoms with E-state index in [1.807, 2.05) is 36.0 Å². The van der Waals surface area contributed by atoms with Gasteiger partial charge in [0.2, 0.25) is 10.0 Å². The second kappa shape index (κ2) is 7.28. The van der Waals surface area contributed by atoms with Crippen LogP contribution in [0.5, 0.6) is 5.75 Å². The van der Waals surface area contributed by atoms with Crippen LogP contribution < -0.4 is 9.46 Å². The zero-order valence-electron chi connectivity index (χ0n) is 14.3. The highest BCUT2D eigenvalue weighted by Crippen LogP contribution is 2.27. The number of methoxy groups -OCH3 is 1. The van der Waals surface area contributed by atoms with Crippen molar-refractivity contribution < 1.29 is 18.3 Å². The van der Waals surface area contributed by atoms with Gasteiger partial charge in [0.25, 0.3) is 0 Å². The van der Waals surface area contributed by atoms with Crippen LogP contribution in [0.2, 0.25) is 5.02 Å². The van der Waals surface area contributed by atoms with E-state index in [-0.39, 0.29) is 16.5 Å². The minimum atomic E-state index is -3.80. The molecule has 0 aliphatic heterocycles. The molecule has 3 rings (SSSR count). The van der Waals surface area contributed by atoms with Crippen LogP contribution in [0.25, 0.3) is 10.9 Å². The lowest BCUT2D eigenvalue weighted by molar-refractivity contribution is 0.182. The first-order valence-corrected chi connectivity index (χ1v) is 9.74. The molecule has 1 unspecified atom stereocenters. The van der Waals surface area contributed by atoms with E-state index in [1.54, 1.807) is 6.07 Å². The quantitative estimate of drug-likeness (QED) is 0.673. The second-order valence-electron chi connectivity index (χ2n) is 5.91. The van der Waals surface area contributed by atoms with Crippen molar-refractivity contribution in [3.05, 3.63) is 59.2 Å². The molecule has 0 aliphatic carbocycles. The van der Waals surface area contributed by atoms with Gasteiger partial charge in [-0.1, -0.05) is 17.7 Å². The number of ether oxygens (including phenoxy) is 1. The first kappa shape index (κ1) is 18.7. The fraction of sp³-hybridized carbons (Fsp3) is 0.222. The molecule has 1 aromatic heterocycles. The Labute approximate surface area is 157 Å². The maximum absolute atomic E-state index is 12.4. The molecule has 0 radical (unpaired) electrons. The maximum Gasteiger partial charge on any atom is 0.240 e. The van der Waals surface area contributed by atoms with Gasteiger partial charge >= 0.3 is 0 Å². The maximum atomic E-state index is 12.4. The van der Waals surface area contributed by atoms with E-state index < -0.39 is 16.1 Å². The summed E-state index contributed by atoms with van der Waals surface area (Å²) in [5.74, 6) is 0.391. The van der Waals surface area contributed by atoms with Gasteiger partial charge in [0.1, 0.15) is 5.75 Å². The number of halogens is 1. The molecular weight excluding hydrogens is 376 g/mol. The van der Waals surface area contributed by atoms with Gasteiger partial charge in [0.15, 0.2) is 0 Å². The Morgan fingerprint density at radius 3 is 2.69 bits per heavy atom. The summed E-state index contributed by atoms with van der Waals surface area (Å²) < 4.78 is 34.2. The number of aromatic nitrogens is 1. The monoisotopic (exact) mass is 394 g/mol. The molecule has 0 saturated heterocycles. The Morgan fingerprint density at radius 2 is 2.00 bits per heavy atom. The van der Waals surface area contributed by atoms with Gasteiger partial charge in [0.05, 0.1) is 23.1 Å². The summed E-state index contributed by atoms with van der Waals surface area (Å²) in [6, 6.07) is 11.7. The number of benzene rings is 2. The molecule has 0 saturated carbocycles. The Bertz CT molecular complexity index is 1050. The predicted molar refractivity (Wildman–Crippen MR) is 101 cm³/mol. The number of aliphatic hydroxyl groups excluding tert-OH is 1. The number of sulfonamides is 1.